The molecule has 0 aromatic heterocycles. The predicted molar refractivity (Wildman–Crippen MR) is 137 cm³/mol. The van der Waals surface area contributed by atoms with Crippen LogP contribution in [0, 0.1) is 33.2 Å². The quantitative estimate of drug-likeness (QED) is 0.218. The first-order chi connectivity index (χ1) is 17.0. The highest BCUT2D eigenvalue weighted by Gasteiger charge is 2.67. The molecule has 3 aliphatic rings. The summed E-state index contributed by atoms with van der Waals surface area (Å²) in [6.07, 6.45) is 1.97. The normalized spacial score (nSPS) is 31.6. The van der Waals surface area contributed by atoms with Crippen LogP contribution in [0.5, 0.6) is 11.5 Å². The summed E-state index contributed by atoms with van der Waals surface area (Å²) < 4.78 is 12.2. The van der Waals surface area contributed by atoms with Gasteiger partial charge in [0.15, 0.2) is 17.3 Å². The molecule has 1 aromatic rings. The summed E-state index contributed by atoms with van der Waals surface area (Å²) in [6.45, 7) is 4.24. The van der Waals surface area contributed by atoms with Gasteiger partial charge in [-0.15, -0.1) is 0 Å². The van der Waals surface area contributed by atoms with Gasteiger partial charge in [0.25, 0.3) is 0 Å². The van der Waals surface area contributed by atoms with E-state index in [9.17, 15) is 24.6 Å². The molecule has 2 amide bonds. The Labute approximate surface area is 224 Å². The van der Waals surface area contributed by atoms with E-state index >= 15 is 0 Å². The zero-order chi connectivity index (χ0) is 26.4. The zero-order valence-electron chi connectivity index (χ0n) is 20.8. The lowest BCUT2D eigenvalue weighted by Crippen LogP contribution is -2.55. The lowest BCUT2D eigenvalue weighted by Gasteiger charge is -2.46. The van der Waals surface area contributed by atoms with Crippen molar-refractivity contribution in [2.45, 2.75) is 64.3 Å². The van der Waals surface area contributed by atoms with Crippen LogP contribution in [0.4, 0.5) is 0 Å². The number of phenolic OH excluding ortho intramolecular Hbond substituents is 1. The largest absolute Gasteiger partial charge is 0.504 e. The van der Waals surface area contributed by atoms with Crippen LogP contribution in [0.3, 0.4) is 0 Å². The minimum atomic E-state index is -1.55. The fourth-order valence-corrected chi connectivity index (χ4v) is 6.94. The maximum atomic E-state index is 13.5. The number of unbranched alkanes of at least 4 members (excludes halogenated alkanes) is 2. The molecule has 6 atom stereocenters. The van der Waals surface area contributed by atoms with Gasteiger partial charge < -0.3 is 24.8 Å². The summed E-state index contributed by atoms with van der Waals surface area (Å²) in [6, 6.07) is 3.48. The van der Waals surface area contributed by atoms with Gasteiger partial charge in [-0.05, 0) is 71.9 Å². The van der Waals surface area contributed by atoms with Crippen molar-refractivity contribution in [3.63, 3.8) is 0 Å². The fraction of sp³-hybridized carbons (Fsp3) is 0.654. The number of phenols is 1. The van der Waals surface area contributed by atoms with E-state index < -0.39 is 35.6 Å². The molecule has 2 heterocycles. The molecule has 36 heavy (non-hydrogen) atoms. The number of aliphatic carboxylic acids is 1. The molecular formula is C26H34INO8. The van der Waals surface area contributed by atoms with E-state index in [-0.39, 0.29) is 42.4 Å². The van der Waals surface area contributed by atoms with Crippen molar-refractivity contribution in [1.82, 2.24) is 4.90 Å². The maximum absolute atomic E-state index is 13.5. The highest BCUT2D eigenvalue weighted by molar-refractivity contribution is 14.1. The van der Waals surface area contributed by atoms with Crippen molar-refractivity contribution in [2.75, 3.05) is 13.7 Å². The molecule has 0 spiro atoms. The predicted octanol–water partition coefficient (Wildman–Crippen LogP) is 3.69. The van der Waals surface area contributed by atoms with Gasteiger partial charge in [-0.2, -0.15) is 0 Å². The highest BCUT2D eigenvalue weighted by atomic mass is 127. The van der Waals surface area contributed by atoms with E-state index in [2.05, 4.69) is 0 Å². The van der Waals surface area contributed by atoms with Crippen molar-refractivity contribution in [2.24, 2.45) is 29.6 Å². The first-order valence-electron chi connectivity index (χ1n) is 12.5. The van der Waals surface area contributed by atoms with Gasteiger partial charge in [0, 0.05) is 24.8 Å². The molecule has 0 bridgehead atoms. The number of fused-ring (bicyclic) bond motifs is 3. The Bertz CT molecular complexity index is 1050. The molecule has 2 saturated heterocycles. The lowest BCUT2D eigenvalue weighted by molar-refractivity contribution is -0.276. The standard InChI is InChI=1S/C26H34INO8/c1-13(2)16-11-15-22(25(33)28(24(15)32)8-6-4-5-7-21(29)30)17-12-19(36-26(16,17)34)14-9-18(27)23(31)20(10-14)35-3/h9-10,13,15-17,19,22,31,34H,4-8,11-12H2,1-3H3,(H,29,30)/t15-,16+,17-,19-,22-,26+/m0/s1. The lowest BCUT2D eigenvalue weighted by atomic mass is 9.62. The number of nitrogens with zero attached hydrogens (tertiary/aromatic N) is 1. The molecule has 3 fully saturated rings. The Morgan fingerprint density at radius 2 is 1.94 bits per heavy atom. The molecule has 0 radical (unpaired) electrons. The van der Waals surface area contributed by atoms with E-state index in [1.54, 1.807) is 12.1 Å². The number of carboxylic acids is 1. The SMILES string of the molecule is COc1cc([C@@H]2C[C@H]3[C@H]4C(=O)N(CCCCCC(=O)O)C(=O)[C@H]4C[C@H](C(C)C)[C@@]3(O)O2)cc(I)c1O. The van der Waals surface area contributed by atoms with Gasteiger partial charge >= 0.3 is 5.97 Å². The number of aliphatic hydroxyl groups is 1. The third-order valence-electron chi connectivity index (χ3n) is 8.09. The van der Waals surface area contributed by atoms with Gasteiger partial charge in [-0.1, -0.05) is 20.3 Å². The molecule has 4 rings (SSSR count). The number of rotatable bonds is 9. The number of methoxy groups -OCH3 is 1. The molecule has 0 unspecified atom stereocenters. The van der Waals surface area contributed by atoms with Gasteiger partial charge in [0.05, 0.1) is 28.6 Å². The number of carbonyl (C=O) groups excluding carboxylic acids is 2. The minimum Gasteiger partial charge on any atom is -0.504 e. The second kappa shape index (κ2) is 10.4. The summed E-state index contributed by atoms with van der Waals surface area (Å²) in [5.41, 5.74) is 0.739. The van der Waals surface area contributed by atoms with Crippen molar-refractivity contribution < 1.29 is 39.2 Å². The third-order valence-corrected chi connectivity index (χ3v) is 8.91. The summed E-state index contributed by atoms with van der Waals surface area (Å²) in [5, 5.41) is 31.0. The van der Waals surface area contributed by atoms with Crippen molar-refractivity contribution in [3.8, 4) is 11.5 Å². The van der Waals surface area contributed by atoms with Gasteiger partial charge in [0.2, 0.25) is 11.8 Å². The number of carboxylic acid groups (broad SMARTS) is 1. The highest BCUT2D eigenvalue weighted by Crippen LogP contribution is 2.60. The molecule has 198 valence electrons. The van der Waals surface area contributed by atoms with Crippen LogP contribution in [-0.4, -0.2) is 57.4 Å². The molecule has 9 nitrogen and oxygen atoms in total. The molecule has 10 heteroatoms. The number of ether oxygens (including phenoxy) is 2. The summed E-state index contributed by atoms with van der Waals surface area (Å²) in [4.78, 5) is 38.9. The Morgan fingerprint density at radius 1 is 1.22 bits per heavy atom. The van der Waals surface area contributed by atoms with Gasteiger partial charge in [0.1, 0.15) is 0 Å². The summed E-state index contributed by atoms with van der Waals surface area (Å²) in [7, 11) is 1.47. The van der Waals surface area contributed by atoms with Crippen LogP contribution in [0.25, 0.3) is 0 Å². The van der Waals surface area contributed by atoms with E-state index in [0.717, 1.165) is 5.56 Å². The summed E-state index contributed by atoms with van der Waals surface area (Å²) in [5.74, 6) is -4.51. The van der Waals surface area contributed by atoms with E-state index in [4.69, 9.17) is 14.6 Å². The number of hydrogen-bond acceptors (Lipinski definition) is 7. The second-order valence-electron chi connectivity index (χ2n) is 10.5. The number of halogens is 1. The Balaban J connectivity index is 1.59. The molecule has 2 aliphatic heterocycles. The first kappa shape index (κ1) is 27.1. The van der Waals surface area contributed by atoms with E-state index in [1.807, 2.05) is 36.4 Å². The Hall–Kier alpha value is -1.92. The number of carbonyl (C=O) groups is 3. The number of hydrogen-bond donors (Lipinski definition) is 3. The number of amides is 2. The van der Waals surface area contributed by atoms with Crippen LogP contribution >= 0.6 is 22.6 Å². The topological polar surface area (TPSA) is 134 Å². The number of aromatic hydroxyl groups is 1. The molecule has 3 N–H and O–H groups in total. The number of imide groups is 1. The van der Waals surface area contributed by atoms with Crippen LogP contribution in [0.15, 0.2) is 12.1 Å². The molecule has 1 saturated carbocycles. The molecule has 1 aliphatic carbocycles. The second-order valence-corrected chi connectivity index (χ2v) is 11.7. The minimum absolute atomic E-state index is 0.0275. The van der Waals surface area contributed by atoms with Crippen molar-refractivity contribution in [3.05, 3.63) is 21.3 Å². The van der Waals surface area contributed by atoms with Crippen LogP contribution in [0.1, 0.15) is 64.0 Å². The van der Waals surface area contributed by atoms with Crippen LogP contribution in [-0.2, 0) is 19.1 Å². The monoisotopic (exact) mass is 615 g/mol. The Kier molecular flexibility index (Phi) is 7.87. The average Bonchev–Trinajstić information content (AvgIpc) is 3.29. The Morgan fingerprint density at radius 3 is 2.58 bits per heavy atom. The summed E-state index contributed by atoms with van der Waals surface area (Å²) >= 11 is 2.01. The van der Waals surface area contributed by atoms with Gasteiger partial charge in [-0.3, -0.25) is 19.3 Å². The zero-order valence-corrected chi connectivity index (χ0v) is 22.9. The smallest absolute Gasteiger partial charge is 0.303 e. The third kappa shape index (κ3) is 4.71. The number of likely N-dealkylation sites (tertiary alicyclic amines) is 1. The van der Waals surface area contributed by atoms with Crippen molar-refractivity contribution in [1.29, 1.82) is 0 Å². The first-order valence-corrected chi connectivity index (χ1v) is 13.6. The van der Waals surface area contributed by atoms with Crippen LogP contribution < -0.4 is 4.74 Å². The van der Waals surface area contributed by atoms with Gasteiger partial charge in [-0.25, -0.2) is 0 Å². The molecule has 1 aromatic carbocycles. The van der Waals surface area contributed by atoms with E-state index in [1.165, 1.54) is 12.0 Å². The fourth-order valence-electron chi connectivity index (χ4n) is 6.32. The number of benzene rings is 1. The van der Waals surface area contributed by atoms with E-state index in [0.29, 0.717) is 41.4 Å². The average molecular weight is 615 g/mol. The maximum Gasteiger partial charge on any atom is 0.303 e. The van der Waals surface area contributed by atoms with Crippen LogP contribution in [0.2, 0.25) is 0 Å². The van der Waals surface area contributed by atoms with Crippen molar-refractivity contribution >= 4 is 40.4 Å². The molecular weight excluding hydrogens is 581 g/mol.